The van der Waals surface area contributed by atoms with E-state index < -0.39 is 17.5 Å². The Balaban J connectivity index is 2.07. The third-order valence-corrected chi connectivity index (χ3v) is 4.23. The van der Waals surface area contributed by atoms with Crippen molar-refractivity contribution >= 4 is 11.9 Å². The molecule has 2 fully saturated rings. The number of carbonyl (C=O) groups excluding carboxylic acids is 1. The van der Waals surface area contributed by atoms with E-state index in [1.54, 1.807) is 0 Å². The van der Waals surface area contributed by atoms with Crippen LogP contribution < -0.4 is 0 Å². The van der Waals surface area contributed by atoms with Gasteiger partial charge < -0.3 is 15.1 Å². The molecule has 0 bridgehead atoms. The van der Waals surface area contributed by atoms with Gasteiger partial charge in [-0.1, -0.05) is 13.3 Å². The van der Waals surface area contributed by atoms with Crippen molar-refractivity contribution in [1.29, 1.82) is 0 Å². The Morgan fingerprint density at radius 2 is 2.00 bits per heavy atom. The van der Waals surface area contributed by atoms with Crippen molar-refractivity contribution in [3.8, 4) is 0 Å². The number of carboxylic acids is 1. The second kappa shape index (κ2) is 4.29. The summed E-state index contributed by atoms with van der Waals surface area (Å²) in [6, 6.07) is 0. The van der Waals surface area contributed by atoms with E-state index in [-0.39, 0.29) is 18.4 Å². The van der Waals surface area contributed by atoms with E-state index >= 15 is 0 Å². The molecule has 2 unspecified atom stereocenters. The monoisotopic (exact) mass is 241 g/mol. The SMILES string of the molecule is CC1CCN(C(=O)C2(C(=O)O)CCC2)CC1O. The summed E-state index contributed by atoms with van der Waals surface area (Å²) in [5, 5.41) is 18.9. The summed E-state index contributed by atoms with van der Waals surface area (Å²) in [5.41, 5.74) is -1.19. The topological polar surface area (TPSA) is 77.8 Å². The normalized spacial score (nSPS) is 31.8. The molecule has 2 atom stereocenters. The van der Waals surface area contributed by atoms with Crippen molar-refractivity contribution in [1.82, 2.24) is 4.90 Å². The fraction of sp³-hybridized carbons (Fsp3) is 0.833. The lowest BCUT2D eigenvalue weighted by molar-refractivity contribution is -0.169. The van der Waals surface area contributed by atoms with Gasteiger partial charge >= 0.3 is 5.97 Å². The number of rotatable bonds is 2. The third kappa shape index (κ3) is 1.92. The number of nitrogens with zero attached hydrogens (tertiary/aromatic N) is 1. The van der Waals surface area contributed by atoms with Crippen molar-refractivity contribution in [3.05, 3.63) is 0 Å². The van der Waals surface area contributed by atoms with Gasteiger partial charge in [0.25, 0.3) is 0 Å². The van der Waals surface area contributed by atoms with Crippen LogP contribution in [0.15, 0.2) is 0 Å². The van der Waals surface area contributed by atoms with Gasteiger partial charge in [0.2, 0.25) is 5.91 Å². The molecule has 1 aliphatic carbocycles. The van der Waals surface area contributed by atoms with E-state index in [2.05, 4.69) is 0 Å². The van der Waals surface area contributed by atoms with E-state index in [0.29, 0.717) is 19.4 Å². The number of aliphatic hydroxyl groups is 1. The quantitative estimate of drug-likeness (QED) is 0.689. The lowest BCUT2D eigenvalue weighted by Crippen LogP contribution is -2.56. The van der Waals surface area contributed by atoms with Gasteiger partial charge in [0, 0.05) is 13.1 Å². The van der Waals surface area contributed by atoms with E-state index in [9.17, 15) is 19.8 Å². The molecule has 5 heteroatoms. The Labute approximate surface area is 100 Å². The summed E-state index contributed by atoms with van der Waals surface area (Å²) < 4.78 is 0. The molecule has 1 amide bonds. The van der Waals surface area contributed by atoms with Crippen LogP contribution in [0.1, 0.15) is 32.6 Å². The van der Waals surface area contributed by atoms with Crippen LogP contribution in [0.25, 0.3) is 0 Å². The third-order valence-electron chi connectivity index (χ3n) is 4.23. The zero-order valence-electron chi connectivity index (χ0n) is 10.1. The van der Waals surface area contributed by atoms with Crippen LogP contribution in [0, 0.1) is 11.3 Å². The standard InChI is InChI=1S/C12H19NO4/c1-8-3-6-13(7-9(8)14)10(15)12(11(16)17)4-2-5-12/h8-9,14H,2-7H2,1H3,(H,16,17). The molecule has 1 heterocycles. The molecule has 0 spiro atoms. The maximum Gasteiger partial charge on any atom is 0.319 e. The Morgan fingerprint density at radius 1 is 1.35 bits per heavy atom. The smallest absolute Gasteiger partial charge is 0.319 e. The van der Waals surface area contributed by atoms with Gasteiger partial charge in [-0.15, -0.1) is 0 Å². The summed E-state index contributed by atoms with van der Waals surface area (Å²) in [7, 11) is 0. The number of β-amino-alcohol motifs (C(OH)–C–C–N with tert-alkyl or cyclic N) is 1. The van der Waals surface area contributed by atoms with E-state index in [4.69, 9.17) is 0 Å². The number of amides is 1. The minimum atomic E-state index is -1.19. The highest BCUT2D eigenvalue weighted by atomic mass is 16.4. The predicted octanol–water partition coefficient (Wildman–Crippen LogP) is 0.471. The van der Waals surface area contributed by atoms with E-state index in [1.165, 1.54) is 4.90 Å². The van der Waals surface area contributed by atoms with Gasteiger partial charge in [-0.3, -0.25) is 9.59 Å². The Kier molecular flexibility index (Phi) is 3.12. The van der Waals surface area contributed by atoms with Gasteiger partial charge in [0.15, 0.2) is 0 Å². The number of carboxylic acid groups (broad SMARTS) is 1. The molecule has 17 heavy (non-hydrogen) atoms. The summed E-state index contributed by atoms with van der Waals surface area (Å²) >= 11 is 0. The van der Waals surface area contributed by atoms with Gasteiger partial charge in [0.1, 0.15) is 5.41 Å². The maximum absolute atomic E-state index is 12.2. The number of aliphatic carboxylic acids is 1. The van der Waals surface area contributed by atoms with Gasteiger partial charge in [-0.2, -0.15) is 0 Å². The molecule has 0 radical (unpaired) electrons. The molecular weight excluding hydrogens is 222 g/mol. The highest BCUT2D eigenvalue weighted by molar-refractivity contribution is 6.02. The van der Waals surface area contributed by atoms with Crippen molar-refractivity contribution in [3.63, 3.8) is 0 Å². The molecule has 0 aromatic heterocycles. The molecule has 1 saturated carbocycles. The number of piperidine rings is 1. The number of likely N-dealkylation sites (tertiary alicyclic amines) is 1. The average molecular weight is 241 g/mol. The molecule has 2 rings (SSSR count). The Bertz CT molecular complexity index is 337. The largest absolute Gasteiger partial charge is 0.480 e. The first kappa shape index (κ1) is 12.4. The highest BCUT2D eigenvalue weighted by Gasteiger charge is 2.53. The second-order valence-electron chi connectivity index (χ2n) is 5.33. The minimum absolute atomic E-state index is 0.182. The molecule has 2 aliphatic rings. The summed E-state index contributed by atoms with van der Waals surface area (Å²) in [4.78, 5) is 25.0. The van der Waals surface area contributed by atoms with Crippen LogP contribution in [-0.4, -0.2) is 46.2 Å². The van der Waals surface area contributed by atoms with Crippen LogP contribution in [0.5, 0.6) is 0 Å². The summed E-state index contributed by atoms with van der Waals surface area (Å²) in [6.07, 6.45) is 1.87. The molecule has 1 saturated heterocycles. The molecule has 0 aromatic rings. The minimum Gasteiger partial charge on any atom is -0.480 e. The number of hydrogen-bond acceptors (Lipinski definition) is 3. The maximum atomic E-state index is 12.2. The van der Waals surface area contributed by atoms with E-state index in [1.807, 2.05) is 6.92 Å². The van der Waals surface area contributed by atoms with Crippen LogP contribution in [0.3, 0.4) is 0 Å². The van der Waals surface area contributed by atoms with Crippen molar-refractivity contribution in [2.45, 2.75) is 38.7 Å². The first-order chi connectivity index (χ1) is 7.97. The van der Waals surface area contributed by atoms with Crippen molar-refractivity contribution < 1.29 is 19.8 Å². The number of aliphatic hydroxyl groups excluding tert-OH is 1. The lowest BCUT2D eigenvalue weighted by atomic mass is 9.67. The average Bonchev–Trinajstić information content (AvgIpc) is 2.19. The molecule has 0 aromatic carbocycles. The van der Waals surface area contributed by atoms with Crippen LogP contribution in [0.4, 0.5) is 0 Å². The van der Waals surface area contributed by atoms with Crippen LogP contribution in [0.2, 0.25) is 0 Å². The summed E-state index contributed by atoms with van der Waals surface area (Å²) in [5.74, 6) is -1.13. The first-order valence-electron chi connectivity index (χ1n) is 6.18. The molecule has 96 valence electrons. The van der Waals surface area contributed by atoms with Crippen LogP contribution in [-0.2, 0) is 9.59 Å². The Morgan fingerprint density at radius 3 is 2.41 bits per heavy atom. The van der Waals surface area contributed by atoms with Gasteiger partial charge in [-0.05, 0) is 25.2 Å². The Hall–Kier alpha value is -1.10. The zero-order valence-corrected chi connectivity index (χ0v) is 10.1. The predicted molar refractivity (Wildman–Crippen MR) is 60.3 cm³/mol. The highest BCUT2D eigenvalue weighted by Crippen LogP contribution is 2.43. The summed E-state index contributed by atoms with van der Waals surface area (Å²) in [6.45, 7) is 2.78. The molecule has 1 aliphatic heterocycles. The second-order valence-corrected chi connectivity index (χ2v) is 5.33. The lowest BCUT2D eigenvalue weighted by Gasteiger charge is -2.43. The van der Waals surface area contributed by atoms with Crippen molar-refractivity contribution in [2.75, 3.05) is 13.1 Å². The fourth-order valence-electron chi connectivity index (χ4n) is 2.59. The van der Waals surface area contributed by atoms with Crippen LogP contribution >= 0.6 is 0 Å². The van der Waals surface area contributed by atoms with Gasteiger partial charge in [-0.25, -0.2) is 0 Å². The zero-order chi connectivity index (χ0) is 12.6. The molecule has 5 nitrogen and oxygen atoms in total. The molecule has 2 N–H and O–H groups in total. The number of carbonyl (C=O) groups is 2. The van der Waals surface area contributed by atoms with Gasteiger partial charge in [0.05, 0.1) is 6.10 Å². The number of hydrogen-bond donors (Lipinski definition) is 2. The molecular formula is C12H19NO4. The van der Waals surface area contributed by atoms with E-state index in [0.717, 1.165) is 12.8 Å². The first-order valence-corrected chi connectivity index (χ1v) is 6.18. The van der Waals surface area contributed by atoms with Crippen molar-refractivity contribution in [2.24, 2.45) is 11.3 Å². The fourth-order valence-corrected chi connectivity index (χ4v) is 2.59.